The average molecular weight is 246 g/mol. The van der Waals surface area contributed by atoms with Crippen LogP contribution in [0.25, 0.3) is 0 Å². The van der Waals surface area contributed by atoms with Gasteiger partial charge in [-0.3, -0.25) is 9.59 Å². The molecule has 5 nitrogen and oxygen atoms in total. The Morgan fingerprint density at radius 2 is 2.00 bits per heavy atom. The lowest BCUT2D eigenvalue weighted by Crippen LogP contribution is -2.45. The SMILES string of the molecule is CCOC(=O)CCNC(=O)C(C)(C)C(N)=S. The predicted molar refractivity (Wildman–Crippen MR) is 64.8 cm³/mol. The van der Waals surface area contributed by atoms with E-state index in [9.17, 15) is 9.59 Å². The topological polar surface area (TPSA) is 81.4 Å². The van der Waals surface area contributed by atoms with E-state index in [4.69, 9.17) is 22.7 Å². The first-order valence-electron chi connectivity index (χ1n) is 5.06. The van der Waals surface area contributed by atoms with E-state index in [2.05, 4.69) is 5.32 Å². The second-order valence-corrected chi connectivity index (χ2v) is 4.24. The number of amides is 1. The monoisotopic (exact) mass is 246 g/mol. The Morgan fingerprint density at radius 1 is 1.44 bits per heavy atom. The summed E-state index contributed by atoms with van der Waals surface area (Å²) < 4.78 is 4.72. The van der Waals surface area contributed by atoms with Gasteiger partial charge in [-0.1, -0.05) is 12.2 Å². The van der Waals surface area contributed by atoms with Crippen molar-refractivity contribution in [3.05, 3.63) is 0 Å². The van der Waals surface area contributed by atoms with Gasteiger partial charge in [0.25, 0.3) is 0 Å². The summed E-state index contributed by atoms with van der Waals surface area (Å²) in [5.74, 6) is -0.625. The molecule has 92 valence electrons. The Balaban J connectivity index is 4.00. The third-order valence-electron chi connectivity index (χ3n) is 2.10. The minimum Gasteiger partial charge on any atom is -0.466 e. The average Bonchev–Trinajstić information content (AvgIpc) is 2.17. The molecular formula is C10H18N2O3S. The number of nitrogens with two attached hydrogens (primary N) is 1. The highest BCUT2D eigenvalue weighted by molar-refractivity contribution is 7.80. The minimum absolute atomic E-state index is 0.126. The molecule has 0 unspecified atom stereocenters. The van der Waals surface area contributed by atoms with Crippen molar-refractivity contribution >= 4 is 29.1 Å². The van der Waals surface area contributed by atoms with Crippen LogP contribution in [0.15, 0.2) is 0 Å². The second kappa shape index (κ2) is 6.42. The number of hydrogen-bond donors (Lipinski definition) is 2. The van der Waals surface area contributed by atoms with Gasteiger partial charge in [-0.15, -0.1) is 0 Å². The summed E-state index contributed by atoms with van der Waals surface area (Å²) in [5.41, 5.74) is 4.53. The number of thiocarbonyl (C=S) groups is 1. The van der Waals surface area contributed by atoms with Crippen LogP contribution in [-0.4, -0.2) is 30.0 Å². The lowest BCUT2D eigenvalue weighted by molar-refractivity contribution is -0.143. The van der Waals surface area contributed by atoms with Crippen molar-refractivity contribution in [2.75, 3.05) is 13.2 Å². The molecule has 0 aromatic heterocycles. The van der Waals surface area contributed by atoms with Crippen LogP contribution in [0, 0.1) is 5.41 Å². The van der Waals surface area contributed by atoms with Gasteiger partial charge >= 0.3 is 5.97 Å². The van der Waals surface area contributed by atoms with E-state index in [1.54, 1.807) is 20.8 Å². The summed E-state index contributed by atoms with van der Waals surface area (Å²) in [4.78, 5) is 22.7. The molecule has 0 radical (unpaired) electrons. The van der Waals surface area contributed by atoms with Crippen LogP contribution in [0.3, 0.4) is 0 Å². The summed E-state index contributed by atoms with van der Waals surface area (Å²) >= 11 is 4.78. The Hall–Kier alpha value is -1.17. The molecule has 0 saturated carbocycles. The highest BCUT2D eigenvalue weighted by atomic mass is 32.1. The van der Waals surface area contributed by atoms with Crippen molar-refractivity contribution in [1.82, 2.24) is 5.32 Å². The van der Waals surface area contributed by atoms with Gasteiger partial charge in [0.15, 0.2) is 0 Å². The second-order valence-electron chi connectivity index (χ2n) is 3.80. The fourth-order valence-electron chi connectivity index (χ4n) is 0.844. The molecule has 16 heavy (non-hydrogen) atoms. The van der Waals surface area contributed by atoms with E-state index in [0.29, 0.717) is 6.61 Å². The van der Waals surface area contributed by atoms with E-state index in [1.165, 1.54) is 0 Å². The van der Waals surface area contributed by atoms with Crippen molar-refractivity contribution in [3.8, 4) is 0 Å². The molecule has 6 heteroatoms. The van der Waals surface area contributed by atoms with Crippen LogP contribution in [0.1, 0.15) is 27.2 Å². The highest BCUT2D eigenvalue weighted by Gasteiger charge is 2.30. The Morgan fingerprint density at radius 3 is 2.44 bits per heavy atom. The zero-order valence-corrected chi connectivity index (χ0v) is 10.6. The van der Waals surface area contributed by atoms with Crippen molar-refractivity contribution < 1.29 is 14.3 Å². The fourth-order valence-corrected chi connectivity index (χ4v) is 0.937. The molecule has 0 aromatic carbocycles. The van der Waals surface area contributed by atoms with Gasteiger partial charge in [-0.05, 0) is 20.8 Å². The quantitative estimate of drug-likeness (QED) is 0.522. The summed E-state index contributed by atoms with van der Waals surface area (Å²) in [5, 5.41) is 2.59. The Labute approximate surface area is 101 Å². The summed E-state index contributed by atoms with van der Waals surface area (Å²) in [6.07, 6.45) is 0.146. The number of carbonyl (C=O) groups excluding carboxylic acids is 2. The van der Waals surface area contributed by atoms with E-state index in [1.807, 2.05) is 0 Å². The first kappa shape index (κ1) is 14.8. The van der Waals surface area contributed by atoms with Gasteiger partial charge < -0.3 is 15.8 Å². The molecule has 1 amide bonds. The maximum atomic E-state index is 11.6. The summed E-state index contributed by atoms with van der Waals surface area (Å²) in [7, 11) is 0. The zero-order chi connectivity index (χ0) is 12.8. The first-order chi connectivity index (χ1) is 7.32. The molecule has 0 aliphatic carbocycles. The molecule has 0 heterocycles. The van der Waals surface area contributed by atoms with Crippen LogP contribution in [0.2, 0.25) is 0 Å². The molecule has 3 N–H and O–H groups in total. The van der Waals surface area contributed by atoms with Crippen LogP contribution in [0.5, 0.6) is 0 Å². The largest absolute Gasteiger partial charge is 0.466 e. The van der Waals surface area contributed by atoms with Crippen molar-refractivity contribution in [3.63, 3.8) is 0 Å². The smallest absolute Gasteiger partial charge is 0.307 e. The molecule has 0 aliphatic rings. The lowest BCUT2D eigenvalue weighted by Gasteiger charge is -2.21. The van der Waals surface area contributed by atoms with Gasteiger partial charge in [0.05, 0.1) is 23.4 Å². The van der Waals surface area contributed by atoms with Crippen molar-refractivity contribution in [2.45, 2.75) is 27.2 Å². The highest BCUT2D eigenvalue weighted by Crippen LogP contribution is 2.14. The third kappa shape index (κ3) is 4.57. The number of rotatable bonds is 6. The lowest BCUT2D eigenvalue weighted by atomic mass is 9.92. The van der Waals surface area contributed by atoms with E-state index >= 15 is 0 Å². The number of carbonyl (C=O) groups is 2. The Kier molecular flexibility index (Phi) is 5.95. The van der Waals surface area contributed by atoms with Crippen LogP contribution < -0.4 is 11.1 Å². The maximum absolute atomic E-state index is 11.6. The third-order valence-corrected chi connectivity index (χ3v) is 2.61. The fraction of sp³-hybridized carbons (Fsp3) is 0.700. The van der Waals surface area contributed by atoms with Gasteiger partial charge in [0, 0.05) is 6.54 Å². The summed E-state index contributed by atoms with van der Waals surface area (Å²) in [6.45, 7) is 5.56. The molecule has 0 spiro atoms. The first-order valence-corrected chi connectivity index (χ1v) is 5.47. The normalized spacial score (nSPS) is 10.7. The van der Waals surface area contributed by atoms with Crippen LogP contribution in [-0.2, 0) is 14.3 Å². The van der Waals surface area contributed by atoms with E-state index in [-0.39, 0.29) is 29.8 Å². The van der Waals surface area contributed by atoms with Gasteiger partial charge in [-0.25, -0.2) is 0 Å². The van der Waals surface area contributed by atoms with Gasteiger partial charge in [0.1, 0.15) is 0 Å². The molecular weight excluding hydrogens is 228 g/mol. The number of ether oxygens (including phenoxy) is 1. The number of nitrogens with one attached hydrogen (secondary N) is 1. The standard InChI is InChI=1S/C10H18N2O3S/c1-4-15-7(13)5-6-12-9(14)10(2,3)8(11)16/h4-6H2,1-3H3,(H2,11,16)(H,12,14). The molecule has 0 fully saturated rings. The van der Waals surface area contributed by atoms with Gasteiger partial charge in [-0.2, -0.15) is 0 Å². The minimum atomic E-state index is -0.899. The van der Waals surface area contributed by atoms with Crippen LogP contribution in [0.4, 0.5) is 0 Å². The molecule has 0 bridgehead atoms. The van der Waals surface area contributed by atoms with E-state index in [0.717, 1.165) is 0 Å². The molecule has 0 aromatic rings. The summed E-state index contributed by atoms with van der Waals surface area (Å²) in [6, 6.07) is 0. The predicted octanol–water partition coefficient (Wildman–Crippen LogP) is 0.368. The zero-order valence-electron chi connectivity index (χ0n) is 9.83. The van der Waals surface area contributed by atoms with E-state index < -0.39 is 5.41 Å². The van der Waals surface area contributed by atoms with Crippen molar-refractivity contribution in [1.29, 1.82) is 0 Å². The molecule has 0 rings (SSSR count). The maximum Gasteiger partial charge on any atom is 0.307 e. The number of hydrogen-bond acceptors (Lipinski definition) is 4. The van der Waals surface area contributed by atoms with Crippen molar-refractivity contribution in [2.24, 2.45) is 11.1 Å². The van der Waals surface area contributed by atoms with Gasteiger partial charge in [0.2, 0.25) is 5.91 Å². The van der Waals surface area contributed by atoms with Crippen LogP contribution >= 0.6 is 12.2 Å². The molecule has 0 saturated heterocycles. The Bertz CT molecular complexity index is 290. The number of esters is 1. The molecule has 0 aliphatic heterocycles. The molecule has 0 atom stereocenters.